The van der Waals surface area contributed by atoms with Crippen LogP contribution in [0.2, 0.25) is 5.15 Å². The van der Waals surface area contributed by atoms with Gasteiger partial charge in [-0.15, -0.1) is 0 Å². The molecule has 0 fully saturated rings. The van der Waals surface area contributed by atoms with E-state index in [1.807, 2.05) is 19.1 Å². The number of aromatic nitrogens is 1. The van der Waals surface area contributed by atoms with Gasteiger partial charge in [0.1, 0.15) is 11.8 Å². The molecule has 2 heterocycles. The smallest absolute Gasteiger partial charge is 0.194 e. The lowest BCUT2D eigenvalue weighted by Gasteiger charge is -2.18. The van der Waals surface area contributed by atoms with Crippen molar-refractivity contribution >= 4 is 23.3 Å². The Morgan fingerprint density at radius 2 is 1.92 bits per heavy atom. The fourth-order valence-corrected chi connectivity index (χ4v) is 2.65. The molecule has 0 aliphatic carbocycles. The number of halogens is 1. The molecule has 0 saturated heterocycles. The molecule has 1 aromatic carbocycles. The van der Waals surface area contributed by atoms with Crippen LogP contribution < -0.4 is 0 Å². The normalized spacial score (nSPS) is 16.8. The minimum absolute atomic E-state index is 0.0809. The molecule has 1 aliphatic heterocycles. The van der Waals surface area contributed by atoms with E-state index in [4.69, 9.17) is 16.3 Å². The van der Waals surface area contributed by atoms with Crippen molar-refractivity contribution in [1.82, 2.24) is 4.98 Å². The summed E-state index contributed by atoms with van der Waals surface area (Å²) in [5, 5.41) is 0.369. The molecule has 2 aromatic rings. The summed E-state index contributed by atoms with van der Waals surface area (Å²) in [5.41, 5.74) is 3.11. The topological polar surface area (TPSA) is 51.5 Å². The van der Waals surface area contributed by atoms with Crippen LogP contribution in [0.25, 0.3) is 0 Å². The molecular weight excluding hydrogens is 336 g/mol. The van der Waals surface area contributed by atoms with Crippen molar-refractivity contribution in [2.45, 2.75) is 26.9 Å². The van der Waals surface area contributed by atoms with E-state index in [1.54, 1.807) is 24.3 Å². The summed E-state index contributed by atoms with van der Waals surface area (Å²) in [6.45, 7) is 4.51. The second-order valence-corrected chi connectivity index (χ2v) is 6.50. The molecular formula is C20H19ClN2O2. The summed E-state index contributed by atoms with van der Waals surface area (Å²) >= 11 is 5.75. The summed E-state index contributed by atoms with van der Waals surface area (Å²) in [6, 6.07) is 10.7. The Labute approximate surface area is 152 Å². The van der Waals surface area contributed by atoms with Crippen LogP contribution in [-0.2, 0) is 11.3 Å². The summed E-state index contributed by atoms with van der Waals surface area (Å²) in [5.74, 6) is 0.983. The lowest BCUT2D eigenvalue weighted by molar-refractivity contribution is 0.103. The second-order valence-electron chi connectivity index (χ2n) is 6.12. The minimum Gasteiger partial charge on any atom is -0.476 e. The Bertz CT molecular complexity index is 824. The van der Waals surface area contributed by atoms with E-state index in [1.165, 1.54) is 6.20 Å². The van der Waals surface area contributed by atoms with Crippen LogP contribution in [0.4, 0.5) is 0 Å². The molecule has 4 nitrogen and oxygen atoms in total. The molecule has 0 bridgehead atoms. The average Bonchev–Trinajstić information content (AvgIpc) is 2.63. The van der Waals surface area contributed by atoms with E-state index in [0.717, 1.165) is 23.6 Å². The SMILES string of the molecule is CC1=CCC(C)C(OCc2ccc(C(=O)c3ccc(Cl)nc3)cc2)=N1. The predicted molar refractivity (Wildman–Crippen MR) is 98.9 cm³/mol. The van der Waals surface area contributed by atoms with Crippen molar-refractivity contribution in [3.63, 3.8) is 0 Å². The number of rotatable bonds is 4. The first-order valence-corrected chi connectivity index (χ1v) is 8.54. The standard InChI is InChI=1S/C20H19ClN2O2/c1-13-3-4-14(2)23-20(13)25-12-15-5-7-16(8-6-15)19(24)17-9-10-18(21)22-11-17/h4-11,13H,3,12H2,1-2H3. The highest BCUT2D eigenvalue weighted by atomic mass is 35.5. The first-order chi connectivity index (χ1) is 12.0. The van der Waals surface area contributed by atoms with Crippen LogP contribution in [-0.4, -0.2) is 16.7 Å². The largest absolute Gasteiger partial charge is 0.476 e. The number of hydrogen-bond acceptors (Lipinski definition) is 4. The number of benzene rings is 1. The van der Waals surface area contributed by atoms with E-state index >= 15 is 0 Å². The van der Waals surface area contributed by atoms with Gasteiger partial charge in [0, 0.05) is 28.9 Å². The van der Waals surface area contributed by atoms with E-state index in [-0.39, 0.29) is 5.78 Å². The van der Waals surface area contributed by atoms with Gasteiger partial charge >= 0.3 is 0 Å². The third kappa shape index (κ3) is 4.34. The van der Waals surface area contributed by atoms with E-state index in [0.29, 0.717) is 28.8 Å². The summed E-state index contributed by atoms with van der Waals surface area (Å²) in [6.07, 6.45) is 4.55. The van der Waals surface area contributed by atoms with Crippen molar-refractivity contribution in [3.05, 3.63) is 76.2 Å². The number of nitrogens with zero attached hydrogens (tertiary/aromatic N) is 2. The number of allylic oxidation sites excluding steroid dienone is 2. The number of pyridine rings is 1. The van der Waals surface area contributed by atoms with Gasteiger partial charge < -0.3 is 4.74 Å². The van der Waals surface area contributed by atoms with Crippen LogP contribution in [0.15, 0.2) is 59.4 Å². The van der Waals surface area contributed by atoms with Crippen molar-refractivity contribution in [2.24, 2.45) is 10.9 Å². The molecule has 0 amide bonds. The summed E-state index contributed by atoms with van der Waals surface area (Å²) < 4.78 is 5.85. The van der Waals surface area contributed by atoms with Gasteiger partial charge in [-0.3, -0.25) is 4.79 Å². The predicted octanol–water partition coefficient (Wildman–Crippen LogP) is 4.82. The van der Waals surface area contributed by atoms with E-state index in [2.05, 4.69) is 23.0 Å². The maximum atomic E-state index is 12.4. The Hall–Kier alpha value is -2.46. The molecule has 1 aromatic heterocycles. The second kappa shape index (κ2) is 7.62. The number of ketones is 1. The number of aliphatic imine (C=N–C) groups is 1. The quantitative estimate of drug-likeness (QED) is 0.584. The molecule has 0 spiro atoms. The molecule has 3 rings (SSSR count). The average molecular weight is 355 g/mol. The molecule has 128 valence electrons. The molecule has 1 atom stereocenters. The summed E-state index contributed by atoms with van der Waals surface area (Å²) in [4.78, 5) is 20.8. The van der Waals surface area contributed by atoms with Crippen LogP contribution in [0.3, 0.4) is 0 Å². The van der Waals surface area contributed by atoms with Gasteiger partial charge in [-0.2, -0.15) is 0 Å². The molecule has 0 N–H and O–H groups in total. The van der Waals surface area contributed by atoms with Gasteiger partial charge in [0.05, 0.1) is 0 Å². The van der Waals surface area contributed by atoms with Crippen LogP contribution >= 0.6 is 11.6 Å². The Balaban J connectivity index is 1.65. The highest BCUT2D eigenvalue weighted by molar-refractivity contribution is 6.29. The Morgan fingerprint density at radius 1 is 1.20 bits per heavy atom. The van der Waals surface area contributed by atoms with Crippen molar-refractivity contribution in [3.8, 4) is 0 Å². The first kappa shape index (κ1) is 17.4. The number of carbonyl (C=O) groups is 1. The van der Waals surface area contributed by atoms with Gasteiger partial charge in [-0.1, -0.05) is 48.9 Å². The fourth-order valence-electron chi connectivity index (χ4n) is 2.54. The van der Waals surface area contributed by atoms with Crippen LogP contribution in [0, 0.1) is 5.92 Å². The van der Waals surface area contributed by atoms with Gasteiger partial charge in [0.25, 0.3) is 0 Å². The molecule has 0 saturated carbocycles. The Morgan fingerprint density at radius 3 is 2.60 bits per heavy atom. The molecule has 5 heteroatoms. The molecule has 0 radical (unpaired) electrons. The molecule has 1 aliphatic rings. The van der Waals surface area contributed by atoms with Gasteiger partial charge in [-0.25, -0.2) is 9.98 Å². The number of carbonyl (C=O) groups excluding carboxylic acids is 1. The number of hydrogen-bond donors (Lipinski definition) is 0. The minimum atomic E-state index is -0.0809. The third-order valence-electron chi connectivity index (χ3n) is 4.07. The maximum absolute atomic E-state index is 12.4. The lowest BCUT2D eigenvalue weighted by Crippen LogP contribution is -2.17. The van der Waals surface area contributed by atoms with Crippen molar-refractivity contribution in [1.29, 1.82) is 0 Å². The van der Waals surface area contributed by atoms with Crippen molar-refractivity contribution < 1.29 is 9.53 Å². The van der Waals surface area contributed by atoms with Gasteiger partial charge in [-0.05, 0) is 31.0 Å². The van der Waals surface area contributed by atoms with Crippen LogP contribution in [0.1, 0.15) is 41.8 Å². The highest BCUT2D eigenvalue weighted by Gasteiger charge is 2.15. The first-order valence-electron chi connectivity index (χ1n) is 8.16. The van der Waals surface area contributed by atoms with Gasteiger partial charge in [0.2, 0.25) is 0 Å². The fraction of sp³-hybridized carbons (Fsp3) is 0.250. The summed E-state index contributed by atoms with van der Waals surface area (Å²) in [7, 11) is 0. The Kier molecular flexibility index (Phi) is 5.29. The number of ether oxygens (including phenoxy) is 1. The zero-order valence-electron chi connectivity index (χ0n) is 14.2. The molecule has 1 unspecified atom stereocenters. The lowest BCUT2D eigenvalue weighted by atomic mass is 10.0. The molecule has 25 heavy (non-hydrogen) atoms. The zero-order chi connectivity index (χ0) is 17.8. The van der Waals surface area contributed by atoms with Gasteiger partial charge in [0.15, 0.2) is 11.7 Å². The monoisotopic (exact) mass is 354 g/mol. The van der Waals surface area contributed by atoms with Crippen molar-refractivity contribution in [2.75, 3.05) is 0 Å². The third-order valence-corrected chi connectivity index (χ3v) is 4.29. The van der Waals surface area contributed by atoms with Crippen LogP contribution in [0.5, 0.6) is 0 Å². The van der Waals surface area contributed by atoms with E-state index in [9.17, 15) is 4.79 Å². The van der Waals surface area contributed by atoms with E-state index < -0.39 is 0 Å². The zero-order valence-corrected chi connectivity index (χ0v) is 15.0. The maximum Gasteiger partial charge on any atom is 0.194 e. The highest BCUT2D eigenvalue weighted by Crippen LogP contribution is 2.19.